The molecule has 0 unspecified atom stereocenters. The zero-order valence-corrected chi connectivity index (χ0v) is 20.7. The van der Waals surface area contributed by atoms with Gasteiger partial charge in [0.2, 0.25) is 11.6 Å². The maximum Gasteiger partial charge on any atom is 0.330 e. The molecular weight excluding hydrogens is 534 g/mol. The molecule has 0 amide bonds. The third-order valence-electron chi connectivity index (χ3n) is 6.08. The fraction of sp³-hybridized carbons (Fsp3) is 0.231. The first kappa shape index (κ1) is 26.8. The lowest BCUT2D eigenvalue weighted by Gasteiger charge is -2.24. The minimum absolute atomic E-state index is 0.222. The summed E-state index contributed by atoms with van der Waals surface area (Å²) in [7, 11) is 0. The van der Waals surface area contributed by atoms with Crippen molar-refractivity contribution in [3.05, 3.63) is 125 Å². The smallest absolute Gasteiger partial charge is 0.330 e. The number of halogens is 2. The molecule has 0 spiro atoms. The van der Waals surface area contributed by atoms with E-state index in [1.807, 2.05) is 0 Å². The summed E-state index contributed by atoms with van der Waals surface area (Å²) in [6.45, 7) is -1.22. The number of para-hydroxylation sites is 2. The lowest BCUT2D eigenvalue weighted by atomic mass is 10.2. The summed E-state index contributed by atoms with van der Waals surface area (Å²) in [5.41, 5.74) is -3.34. The molecule has 0 saturated heterocycles. The predicted molar refractivity (Wildman–Crippen MR) is 134 cm³/mol. The molecule has 40 heavy (non-hydrogen) atoms. The first-order valence-electron chi connectivity index (χ1n) is 12.0. The summed E-state index contributed by atoms with van der Waals surface area (Å²) in [6, 6.07) is 13.0. The highest BCUT2D eigenvalue weighted by atomic mass is 19.1. The van der Waals surface area contributed by atoms with Gasteiger partial charge in [0.15, 0.2) is 12.5 Å². The first-order valence-corrected chi connectivity index (χ1v) is 12.0. The van der Waals surface area contributed by atoms with Crippen molar-refractivity contribution in [3.63, 3.8) is 0 Å². The molecule has 2 N–H and O–H groups in total. The highest BCUT2D eigenvalue weighted by molar-refractivity contribution is 5.33. The molecule has 0 radical (unpaired) electrons. The number of rotatable bonds is 2. The molecule has 0 aliphatic carbocycles. The number of hydrogen-bond donors (Lipinski definition) is 2. The van der Waals surface area contributed by atoms with Crippen LogP contribution in [0.2, 0.25) is 0 Å². The van der Waals surface area contributed by atoms with Crippen LogP contribution in [0.1, 0.15) is 23.6 Å². The zero-order valence-electron chi connectivity index (χ0n) is 20.7. The van der Waals surface area contributed by atoms with E-state index in [0.29, 0.717) is 32.7 Å². The fourth-order valence-electron chi connectivity index (χ4n) is 4.07. The Morgan fingerprint density at radius 2 is 1.05 bits per heavy atom. The second kappa shape index (κ2) is 11.5. The molecule has 0 fully saturated rings. The number of H-pyrrole nitrogens is 2. The molecule has 1 aliphatic rings. The van der Waals surface area contributed by atoms with Gasteiger partial charge < -0.3 is 28.9 Å². The number of hydrogen-bond acceptors (Lipinski definition) is 8. The molecule has 0 bridgehead atoms. The Morgan fingerprint density at radius 3 is 1.48 bits per heavy atom. The molecule has 2 atom stereocenters. The highest BCUT2D eigenvalue weighted by Crippen LogP contribution is 2.26. The van der Waals surface area contributed by atoms with Gasteiger partial charge in [-0.3, -0.25) is 9.59 Å². The van der Waals surface area contributed by atoms with Crippen LogP contribution >= 0.6 is 0 Å². The summed E-state index contributed by atoms with van der Waals surface area (Å²) < 4.78 is 52.8. The van der Waals surface area contributed by atoms with E-state index in [1.165, 1.54) is 0 Å². The molecule has 208 valence electrons. The number of nitrogens with one attached hydrogen (secondary N) is 2. The van der Waals surface area contributed by atoms with Crippen LogP contribution < -0.4 is 32.0 Å². The van der Waals surface area contributed by atoms with E-state index in [-0.39, 0.29) is 37.9 Å². The van der Waals surface area contributed by atoms with Crippen LogP contribution in [0.3, 0.4) is 0 Å². The van der Waals surface area contributed by atoms with Crippen molar-refractivity contribution in [1.29, 1.82) is 0 Å². The van der Waals surface area contributed by atoms with Gasteiger partial charge in [0, 0.05) is 23.5 Å². The highest BCUT2D eigenvalue weighted by Gasteiger charge is 2.24. The molecular formula is C26H22F2N4O8. The van der Waals surface area contributed by atoms with E-state index >= 15 is 0 Å². The third-order valence-corrected chi connectivity index (χ3v) is 6.08. The van der Waals surface area contributed by atoms with E-state index in [4.69, 9.17) is 18.9 Å². The Balaban J connectivity index is 1.56. The van der Waals surface area contributed by atoms with E-state index in [2.05, 4.69) is 9.97 Å². The van der Waals surface area contributed by atoms with Crippen molar-refractivity contribution in [2.45, 2.75) is 25.7 Å². The van der Waals surface area contributed by atoms with E-state index in [0.717, 1.165) is 0 Å². The van der Waals surface area contributed by atoms with Crippen LogP contribution in [0.25, 0.3) is 0 Å². The Hall–Kier alpha value is -4.82. The summed E-state index contributed by atoms with van der Waals surface area (Å²) in [4.78, 5) is 54.3. The van der Waals surface area contributed by atoms with Crippen LogP contribution in [0.4, 0.5) is 8.78 Å². The Bertz CT molecular complexity index is 1580. The van der Waals surface area contributed by atoms with Crippen LogP contribution in [0, 0.1) is 11.6 Å². The van der Waals surface area contributed by atoms with Gasteiger partial charge in [-0.15, -0.1) is 0 Å². The molecule has 2 aromatic carbocycles. The van der Waals surface area contributed by atoms with E-state index < -0.39 is 46.6 Å². The number of benzene rings is 2. The van der Waals surface area contributed by atoms with Gasteiger partial charge in [-0.1, -0.05) is 36.4 Å². The van der Waals surface area contributed by atoms with E-state index in [9.17, 15) is 28.0 Å². The molecule has 5 rings (SSSR count). The van der Waals surface area contributed by atoms with Gasteiger partial charge in [0.25, 0.3) is 11.1 Å². The average molecular weight is 556 g/mol. The minimum Gasteiger partial charge on any atom is -0.488 e. The Morgan fingerprint density at radius 1 is 0.650 bits per heavy atom. The van der Waals surface area contributed by atoms with Crippen LogP contribution in [0.5, 0.6) is 11.5 Å². The van der Waals surface area contributed by atoms with Crippen LogP contribution in [-0.4, -0.2) is 32.3 Å². The number of ether oxygens (including phenoxy) is 4. The maximum absolute atomic E-state index is 14.1. The summed E-state index contributed by atoms with van der Waals surface area (Å²) >= 11 is 0. The standard InChI is InChI=1S/C26H22F2N4O8/c27-17-9-29-25(35)31(23(17)33)21-14-38-20-8-4-2-6-16(20)12-40-22(32-24(34)18(28)10-30-26(32)36)13-37-19-7-3-1-5-15(19)11-39-21/h1-10,21-22H,11-14H2,(H,29,35)(H,30,36)/t21-,22+. The maximum atomic E-state index is 14.1. The third kappa shape index (κ3) is 5.48. The molecule has 3 heterocycles. The van der Waals surface area contributed by atoms with Crippen molar-refractivity contribution in [3.8, 4) is 11.5 Å². The van der Waals surface area contributed by atoms with Gasteiger partial charge in [0.05, 0.1) is 13.2 Å². The van der Waals surface area contributed by atoms with E-state index in [1.54, 1.807) is 48.5 Å². The summed E-state index contributed by atoms with van der Waals surface area (Å²) in [6.07, 6.45) is -1.39. The molecule has 4 aromatic rings. The summed E-state index contributed by atoms with van der Waals surface area (Å²) in [5, 5.41) is 0. The minimum atomic E-state index is -1.35. The quantitative estimate of drug-likeness (QED) is 0.378. The van der Waals surface area contributed by atoms with Crippen LogP contribution in [0.15, 0.2) is 80.1 Å². The Kier molecular flexibility index (Phi) is 7.70. The van der Waals surface area contributed by atoms with Gasteiger partial charge in [-0.05, 0) is 12.1 Å². The average Bonchev–Trinajstić information content (AvgIpc) is 2.96. The van der Waals surface area contributed by atoms with Gasteiger partial charge in [0.1, 0.15) is 24.7 Å². The van der Waals surface area contributed by atoms with Crippen LogP contribution in [-0.2, 0) is 22.7 Å². The van der Waals surface area contributed by atoms with Crippen molar-refractivity contribution < 1.29 is 27.7 Å². The zero-order chi connectivity index (χ0) is 28.2. The predicted octanol–water partition coefficient (Wildman–Crippen LogP) is 1.57. The molecule has 14 heteroatoms. The SMILES string of the molecule is O=c1[nH]cc(F)c(=O)n1[C@@H]1COc2ccccc2CO[C@@H](n2c(=O)[nH]cc(F)c2=O)COc2ccccc2CO1. The molecule has 0 saturated carbocycles. The number of fused-ring (bicyclic) bond motifs is 2. The normalized spacial score (nSPS) is 17.9. The lowest BCUT2D eigenvalue weighted by molar-refractivity contribution is -0.0553. The second-order valence-corrected chi connectivity index (χ2v) is 8.60. The topological polar surface area (TPSA) is 147 Å². The number of nitrogens with zero attached hydrogens (tertiary/aromatic N) is 2. The first-order chi connectivity index (χ1) is 19.3. The Labute approximate surface area is 223 Å². The van der Waals surface area contributed by atoms with Crippen molar-refractivity contribution in [2.24, 2.45) is 0 Å². The largest absolute Gasteiger partial charge is 0.488 e. The molecule has 1 aliphatic heterocycles. The van der Waals surface area contributed by atoms with Gasteiger partial charge >= 0.3 is 11.4 Å². The molecule has 2 aromatic heterocycles. The summed E-state index contributed by atoms with van der Waals surface area (Å²) in [5.74, 6) is -1.88. The van der Waals surface area contributed by atoms with Gasteiger partial charge in [-0.2, -0.15) is 8.78 Å². The molecule has 12 nitrogen and oxygen atoms in total. The lowest BCUT2D eigenvalue weighted by Crippen LogP contribution is -2.42. The van der Waals surface area contributed by atoms with Crippen molar-refractivity contribution in [1.82, 2.24) is 19.1 Å². The second-order valence-electron chi connectivity index (χ2n) is 8.60. The van der Waals surface area contributed by atoms with Crippen molar-refractivity contribution >= 4 is 0 Å². The number of aromatic amines is 2. The monoisotopic (exact) mass is 556 g/mol. The fourth-order valence-corrected chi connectivity index (χ4v) is 4.07. The number of aromatic nitrogens is 4. The van der Waals surface area contributed by atoms with Gasteiger partial charge in [-0.25, -0.2) is 18.7 Å². The van der Waals surface area contributed by atoms with Crippen molar-refractivity contribution in [2.75, 3.05) is 13.2 Å².